The Morgan fingerprint density at radius 1 is 1.04 bits per heavy atom. The third kappa shape index (κ3) is 4.12. The van der Waals surface area contributed by atoms with Gasteiger partial charge in [0.1, 0.15) is 17.2 Å². The van der Waals surface area contributed by atoms with Gasteiger partial charge in [0.25, 0.3) is 5.91 Å². The molecule has 2 rings (SSSR count). The summed E-state index contributed by atoms with van der Waals surface area (Å²) in [6.07, 6.45) is 0.462. The number of ether oxygens (including phenoxy) is 1. The van der Waals surface area contributed by atoms with Crippen LogP contribution >= 0.6 is 0 Å². The molecule has 0 fully saturated rings. The van der Waals surface area contributed by atoms with Crippen LogP contribution in [0, 0.1) is 11.6 Å². The molecule has 0 spiro atoms. The van der Waals surface area contributed by atoms with Gasteiger partial charge in [-0.25, -0.2) is 13.6 Å². The van der Waals surface area contributed by atoms with Crippen molar-refractivity contribution in [3.63, 3.8) is 0 Å². The van der Waals surface area contributed by atoms with Gasteiger partial charge in [-0.3, -0.25) is 4.79 Å². The largest absolute Gasteiger partial charge is 0.465 e. The van der Waals surface area contributed by atoms with Crippen molar-refractivity contribution in [2.24, 2.45) is 0 Å². The summed E-state index contributed by atoms with van der Waals surface area (Å²) in [6, 6.07) is 9.93. The Labute approximate surface area is 132 Å². The van der Waals surface area contributed by atoms with Crippen LogP contribution in [-0.4, -0.2) is 25.5 Å². The number of hydrogen-bond acceptors (Lipinski definition) is 3. The maximum atomic E-state index is 13.5. The van der Waals surface area contributed by atoms with Gasteiger partial charge in [0.15, 0.2) is 0 Å². The predicted molar refractivity (Wildman–Crippen MR) is 80.2 cm³/mol. The number of nitrogens with one attached hydrogen (secondary N) is 1. The molecular weight excluding hydrogens is 304 g/mol. The minimum absolute atomic E-state index is 0.212. The molecule has 0 aliphatic rings. The maximum Gasteiger partial charge on any atom is 0.337 e. The third-order valence-corrected chi connectivity index (χ3v) is 3.26. The van der Waals surface area contributed by atoms with E-state index in [2.05, 4.69) is 10.1 Å². The van der Waals surface area contributed by atoms with Crippen LogP contribution in [0.3, 0.4) is 0 Å². The summed E-state index contributed by atoms with van der Waals surface area (Å²) in [5, 5.41) is 2.47. The van der Waals surface area contributed by atoms with Crippen molar-refractivity contribution >= 4 is 11.9 Å². The molecule has 0 heterocycles. The first-order valence-electron chi connectivity index (χ1n) is 6.92. The zero-order valence-electron chi connectivity index (χ0n) is 12.4. The lowest BCUT2D eigenvalue weighted by molar-refractivity contribution is 0.0600. The van der Waals surface area contributed by atoms with Crippen LogP contribution in [0.5, 0.6) is 0 Å². The fourth-order valence-electron chi connectivity index (χ4n) is 2.05. The Kier molecular flexibility index (Phi) is 5.41. The van der Waals surface area contributed by atoms with Crippen molar-refractivity contribution < 1.29 is 23.1 Å². The number of amides is 1. The minimum atomic E-state index is -0.898. The van der Waals surface area contributed by atoms with Crippen molar-refractivity contribution in [2.45, 2.75) is 6.42 Å². The van der Waals surface area contributed by atoms with Crippen molar-refractivity contribution in [1.82, 2.24) is 5.32 Å². The number of hydrogen-bond donors (Lipinski definition) is 1. The highest BCUT2D eigenvalue weighted by Crippen LogP contribution is 2.12. The fraction of sp³-hybridized carbons (Fsp3) is 0.176. The molecule has 23 heavy (non-hydrogen) atoms. The molecule has 4 nitrogen and oxygen atoms in total. The van der Waals surface area contributed by atoms with E-state index in [1.54, 1.807) is 24.3 Å². The summed E-state index contributed by atoms with van der Waals surface area (Å²) in [4.78, 5) is 23.1. The summed E-state index contributed by atoms with van der Waals surface area (Å²) in [5.74, 6) is -3.03. The fourth-order valence-corrected chi connectivity index (χ4v) is 2.05. The van der Waals surface area contributed by atoms with E-state index >= 15 is 0 Å². The van der Waals surface area contributed by atoms with Gasteiger partial charge in [-0.15, -0.1) is 0 Å². The van der Waals surface area contributed by atoms with Gasteiger partial charge >= 0.3 is 5.97 Å². The summed E-state index contributed by atoms with van der Waals surface area (Å²) in [7, 11) is 1.30. The maximum absolute atomic E-state index is 13.5. The molecule has 0 saturated heterocycles. The van der Waals surface area contributed by atoms with E-state index in [9.17, 15) is 18.4 Å². The summed E-state index contributed by atoms with van der Waals surface area (Å²) >= 11 is 0. The van der Waals surface area contributed by atoms with Crippen molar-refractivity contribution in [1.29, 1.82) is 0 Å². The second-order valence-electron chi connectivity index (χ2n) is 4.79. The molecule has 0 atom stereocenters. The predicted octanol–water partition coefficient (Wildman–Crippen LogP) is 2.72. The van der Waals surface area contributed by atoms with Crippen LogP contribution in [0.2, 0.25) is 0 Å². The van der Waals surface area contributed by atoms with Crippen molar-refractivity contribution in [3.8, 4) is 0 Å². The lowest BCUT2D eigenvalue weighted by Gasteiger charge is -2.07. The zero-order valence-corrected chi connectivity index (χ0v) is 12.4. The molecule has 0 saturated carbocycles. The Morgan fingerprint density at radius 2 is 1.65 bits per heavy atom. The van der Waals surface area contributed by atoms with Crippen LogP contribution in [0.4, 0.5) is 8.78 Å². The molecule has 120 valence electrons. The Balaban J connectivity index is 1.92. The van der Waals surface area contributed by atoms with Crippen LogP contribution in [-0.2, 0) is 11.2 Å². The van der Waals surface area contributed by atoms with Gasteiger partial charge < -0.3 is 10.1 Å². The lowest BCUT2D eigenvalue weighted by Crippen LogP contribution is -2.27. The molecule has 0 aliphatic heterocycles. The van der Waals surface area contributed by atoms with E-state index in [0.29, 0.717) is 12.0 Å². The molecule has 6 heteroatoms. The molecular formula is C17H15F2NO3. The number of benzene rings is 2. The normalized spacial score (nSPS) is 10.2. The van der Waals surface area contributed by atoms with Crippen LogP contribution in [0.25, 0.3) is 0 Å². The molecule has 2 aromatic rings. The van der Waals surface area contributed by atoms with Gasteiger partial charge in [-0.1, -0.05) is 18.2 Å². The number of methoxy groups -OCH3 is 1. The standard InChI is InChI=1S/C17H15F2NO3/c1-23-17(22)12-7-5-11(6-8-12)9-10-20-16(21)15-13(18)3-2-4-14(15)19/h2-8H,9-10H2,1H3,(H,20,21). The van der Waals surface area contributed by atoms with Gasteiger partial charge in [-0.05, 0) is 36.2 Å². The Bertz CT molecular complexity index is 694. The monoisotopic (exact) mass is 319 g/mol. The summed E-state index contributed by atoms with van der Waals surface area (Å²) in [6.45, 7) is 0.212. The van der Waals surface area contributed by atoms with E-state index in [1.807, 2.05) is 0 Å². The molecule has 1 N–H and O–H groups in total. The molecule has 0 unspecified atom stereocenters. The number of carbonyl (C=O) groups excluding carboxylic acids is 2. The Hall–Kier alpha value is -2.76. The van der Waals surface area contributed by atoms with Gasteiger partial charge in [0.2, 0.25) is 0 Å². The minimum Gasteiger partial charge on any atom is -0.465 e. The van der Waals surface area contributed by atoms with Gasteiger partial charge in [-0.2, -0.15) is 0 Å². The SMILES string of the molecule is COC(=O)c1ccc(CCNC(=O)c2c(F)cccc2F)cc1. The van der Waals surface area contributed by atoms with Crippen molar-refractivity contribution in [3.05, 3.63) is 70.8 Å². The number of rotatable bonds is 5. The van der Waals surface area contributed by atoms with E-state index in [0.717, 1.165) is 17.7 Å². The second-order valence-corrected chi connectivity index (χ2v) is 4.79. The summed E-state index contributed by atoms with van der Waals surface area (Å²) in [5.41, 5.74) is 0.703. The number of halogens is 2. The third-order valence-electron chi connectivity index (χ3n) is 3.26. The van der Waals surface area contributed by atoms with E-state index in [4.69, 9.17) is 0 Å². The highest BCUT2D eigenvalue weighted by molar-refractivity contribution is 5.94. The number of carbonyl (C=O) groups is 2. The van der Waals surface area contributed by atoms with Crippen molar-refractivity contribution in [2.75, 3.05) is 13.7 Å². The van der Waals surface area contributed by atoms with E-state index in [-0.39, 0.29) is 6.54 Å². The molecule has 1 amide bonds. The molecule has 0 aliphatic carbocycles. The lowest BCUT2D eigenvalue weighted by atomic mass is 10.1. The zero-order chi connectivity index (χ0) is 16.8. The summed E-state index contributed by atoms with van der Waals surface area (Å²) < 4.78 is 31.5. The average Bonchev–Trinajstić information content (AvgIpc) is 2.54. The first-order chi connectivity index (χ1) is 11.0. The topological polar surface area (TPSA) is 55.4 Å². The molecule has 0 bridgehead atoms. The molecule has 0 aromatic heterocycles. The second kappa shape index (κ2) is 7.49. The van der Waals surface area contributed by atoms with Gasteiger partial charge in [0.05, 0.1) is 12.7 Å². The van der Waals surface area contributed by atoms with E-state index < -0.39 is 29.1 Å². The van der Waals surface area contributed by atoms with Crippen LogP contribution in [0.15, 0.2) is 42.5 Å². The van der Waals surface area contributed by atoms with Crippen LogP contribution < -0.4 is 5.32 Å². The highest BCUT2D eigenvalue weighted by atomic mass is 19.1. The average molecular weight is 319 g/mol. The first kappa shape index (κ1) is 16.6. The molecule has 0 radical (unpaired) electrons. The van der Waals surface area contributed by atoms with Crippen LogP contribution in [0.1, 0.15) is 26.3 Å². The van der Waals surface area contributed by atoms with Gasteiger partial charge in [0, 0.05) is 6.54 Å². The van der Waals surface area contributed by atoms with E-state index in [1.165, 1.54) is 13.2 Å². The smallest absolute Gasteiger partial charge is 0.337 e. The highest BCUT2D eigenvalue weighted by Gasteiger charge is 2.16. The number of esters is 1. The quantitative estimate of drug-likeness (QED) is 0.862. The Morgan fingerprint density at radius 3 is 2.22 bits per heavy atom. The first-order valence-corrected chi connectivity index (χ1v) is 6.92. The molecule has 2 aromatic carbocycles.